The SMILES string of the molecule is C=CCCCN(C)C(=O)NCC1(C(=O)O)CCCC1. The number of unbranched alkanes of at least 4 members (excludes halogenated alkanes) is 1. The molecule has 1 rings (SSSR count). The molecule has 0 aromatic carbocycles. The lowest BCUT2D eigenvalue weighted by atomic mass is 9.86. The van der Waals surface area contributed by atoms with Gasteiger partial charge in [-0.3, -0.25) is 4.79 Å². The van der Waals surface area contributed by atoms with Crippen molar-refractivity contribution in [2.24, 2.45) is 5.41 Å². The van der Waals surface area contributed by atoms with Crippen LogP contribution in [0.15, 0.2) is 12.7 Å². The van der Waals surface area contributed by atoms with Crippen molar-refractivity contribution in [3.63, 3.8) is 0 Å². The fourth-order valence-electron chi connectivity index (χ4n) is 2.47. The van der Waals surface area contributed by atoms with Gasteiger partial charge in [0.15, 0.2) is 0 Å². The second kappa shape index (κ2) is 7.16. The second-order valence-corrected chi connectivity index (χ2v) is 5.30. The van der Waals surface area contributed by atoms with Crippen molar-refractivity contribution in [3.8, 4) is 0 Å². The van der Waals surface area contributed by atoms with Gasteiger partial charge in [-0.15, -0.1) is 6.58 Å². The van der Waals surface area contributed by atoms with Crippen LogP contribution in [-0.4, -0.2) is 42.1 Å². The third kappa shape index (κ3) is 4.26. The topological polar surface area (TPSA) is 69.6 Å². The van der Waals surface area contributed by atoms with Gasteiger partial charge >= 0.3 is 12.0 Å². The maximum atomic E-state index is 11.9. The molecule has 19 heavy (non-hydrogen) atoms. The predicted octanol–water partition coefficient (Wildman–Crippen LogP) is 2.24. The van der Waals surface area contributed by atoms with Crippen LogP contribution in [0.1, 0.15) is 38.5 Å². The molecule has 5 heteroatoms. The lowest BCUT2D eigenvalue weighted by Gasteiger charge is -2.26. The van der Waals surface area contributed by atoms with Gasteiger partial charge < -0.3 is 15.3 Å². The van der Waals surface area contributed by atoms with E-state index in [0.29, 0.717) is 19.4 Å². The average Bonchev–Trinajstić information content (AvgIpc) is 2.86. The van der Waals surface area contributed by atoms with Crippen molar-refractivity contribution >= 4 is 12.0 Å². The molecule has 1 saturated carbocycles. The molecule has 5 nitrogen and oxygen atoms in total. The van der Waals surface area contributed by atoms with Crippen molar-refractivity contribution in [1.29, 1.82) is 0 Å². The van der Waals surface area contributed by atoms with Crippen molar-refractivity contribution in [2.45, 2.75) is 38.5 Å². The molecule has 0 aliphatic heterocycles. The number of hydrogen-bond acceptors (Lipinski definition) is 2. The van der Waals surface area contributed by atoms with E-state index in [2.05, 4.69) is 11.9 Å². The molecule has 0 atom stereocenters. The summed E-state index contributed by atoms with van der Waals surface area (Å²) in [6.07, 6.45) is 6.73. The fraction of sp³-hybridized carbons (Fsp3) is 0.714. The Balaban J connectivity index is 2.39. The Morgan fingerprint density at radius 3 is 2.58 bits per heavy atom. The fourth-order valence-corrected chi connectivity index (χ4v) is 2.47. The molecule has 108 valence electrons. The van der Waals surface area contributed by atoms with E-state index in [-0.39, 0.29) is 12.6 Å². The molecule has 0 saturated heterocycles. The summed E-state index contributed by atoms with van der Waals surface area (Å²) >= 11 is 0. The number of carbonyl (C=O) groups excluding carboxylic acids is 1. The minimum atomic E-state index is -0.792. The van der Waals surface area contributed by atoms with Crippen molar-refractivity contribution < 1.29 is 14.7 Å². The molecule has 0 aromatic rings. The smallest absolute Gasteiger partial charge is 0.317 e. The summed E-state index contributed by atoms with van der Waals surface area (Å²) < 4.78 is 0. The number of carboxylic acid groups (broad SMARTS) is 1. The number of carboxylic acids is 1. The highest BCUT2D eigenvalue weighted by Crippen LogP contribution is 2.37. The molecule has 0 radical (unpaired) electrons. The monoisotopic (exact) mass is 268 g/mol. The summed E-state index contributed by atoms with van der Waals surface area (Å²) in [4.78, 5) is 24.8. The standard InChI is InChI=1S/C14H24N2O3/c1-3-4-7-10-16(2)13(19)15-11-14(12(17)18)8-5-6-9-14/h3H,1,4-11H2,2H3,(H,15,19)(H,17,18). The zero-order valence-electron chi connectivity index (χ0n) is 11.7. The first-order valence-corrected chi connectivity index (χ1v) is 6.85. The number of urea groups is 1. The van der Waals surface area contributed by atoms with Crippen molar-refractivity contribution in [1.82, 2.24) is 10.2 Å². The number of nitrogens with one attached hydrogen (secondary N) is 1. The van der Waals surface area contributed by atoms with Crippen LogP contribution in [0.2, 0.25) is 0 Å². The third-order valence-electron chi connectivity index (χ3n) is 3.84. The number of carbonyl (C=O) groups is 2. The van der Waals surface area contributed by atoms with Crippen LogP contribution >= 0.6 is 0 Å². The Morgan fingerprint density at radius 1 is 1.42 bits per heavy atom. The van der Waals surface area contributed by atoms with E-state index in [1.807, 2.05) is 6.08 Å². The van der Waals surface area contributed by atoms with Crippen molar-refractivity contribution in [3.05, 3.63) is 12.7 Å². The first kappa shape index (κ1) is 15.5. The third-order valence-corrected chi connectivity index (χ3v) is 3.84. The number of allylic oxidation sites excluding steroid dienone is 1. The van der Waals surface area contributed by atoms with E-state index in [1.54, 1.807) is 11.9 Å². The highest BCUT2D eigenvalue weighted by molar-refractivity contribution is 5.78. The predicted molar refractivity (Wildman–Crippen MR) is 74.0 cm³/mol. The molecule has 0 bridgehead atoms. The number of amides is 2. The summed E-state index contributed by atoms with van der Waals surface area (Å²) in [5.41, 5.74) is -0.752. The number of nitrogens with zero attached hydrogens (tertiary/aromatic N) is 1. The van der Waals surface area contributed by atoms with Crippen LogP contribution in [-0.2, 0) is 4.79 Å². The van der Waals surface area contributed by atoms with Crippen LogP contribution in [0.25, 0.3) is 0 Å². The summed E-state index contributed by atoms with van der Waals surface area (Å²) in [5.74, 6) is -0.792. The van der Waals surface area contributed by atoms with Gasteiger partial charge in [-0.25, -0.2) is 4.79 Å². The number of aliphatic carboxylic acids is 1. The van der Waals surface area contributed by atoms with Gasteiger partial charge in [0.05, 0.1) is 5.41 Å². The summed E-state index contributed by atoms with van der Waals surface area (Å²) in [5, 5.41) is 12.1. The molecule has 2 N–H and O–H groups in total. The number of hydrogen-bond donors (Lipinski definition) is 2. The zero-order chi connectivity index (χ0) is 14.3. The molecule has 0 unspecified atom stereocenters. The Kier molecular flexibility index (Phi) is 5.86. The Labute approximate surface area is 114 Å². The summed E-state index contributed by atoms with van der Waals surface area (Å²) in [6.45, 7) is 4.52. The van der Waals surface area contributed by atoms with Gasteiger partial charge in [0, 0.05) is 20.1 Å². The maximum absolute atomic E-state index is 11.9. The van der Waals surface area contributed by atoms with E-state index in [9.17, 15) is 14.7 Å². The van der Waals surface area contributed by atoms with Gasteiger partial charge in [-0.1, -0.05) is 18.9 Å². The molecule has 2 amide bonds. The van der Waals surface area contributed by atoms with E-state index < -0.39 is 11.4 Å². The van der Waals surface area contributed by atoms with Crippen LogP contribution in [0.3, 0.4) is 0 Å². The highest BCUT2D eigenvalue weighted by Gasteiger charge is 2.41. The first-order chi connectivity index (χ1) is 9.02. The van der Waals surface area contributed by atoms with Gasteiger partial charge in [0.2, 0.25) is 0 Å². The average molecular weight is 268 g/mol. The van der Waals surface area contributed by atoms with Crippen LogP contribution in [0.4, 0.5) is 4.79 Å². The van der Waals surface area contributed by atoms with Gasteiger partial charge in [-0.05, 0) is 25.7 Å². The Bertz CT molecular complexity index is 336. The summed E-state index contributed by atoms with van der Waals surface area (Å²) in [7, 11) is 1.72. The molecule has 0 spiro atoms. The number of rotatable bonds is 7. The van der Waals surface area contributed by atoms with Gasteiger partial charge in [-0.2, -0.15) is 0 Å². The van der Waals surface area contributed by atoms with Crippen LogP contribution < -0.4 is 5.32 Å². The Morgan fingerprint density at radius 2 is 2.05 bits per heavy atom. The van der Waals surface area contributed by atoms with Gasteiger partial charge in [0.1, 0.15) is 0 Å². The molecular formula is C14H24N2O3. The normalized spacial score (nSPS) is 16.9. The lowest BCUT2D eigenvalue weighted by molar-refractivity contribution is -0.148. The van der Waals surface area contributed by atoms with Gasteiger partial charge in [0.25, 0.3) is 0 Å². The van der Waals surface area contributed by atoms with E-state index in [1.165, 1.54) is 0 Å². The quantitative estimate of drug-likeness (QED) is 0.549. The highest BCUT2D eigenvalue weighted by atomic mass is 16.4. The lowest BCUT2D eigenvalue weighted by Crippen LogP contribution is -2.45. The summed E-state index contributed by atoms with van der Waals surface area (Å²) in [6, 6.07) is -0.198. The maximum Gasteiger partial charge on any atom is 0.317 e. The molecule has 1 aliphatic carbocycles. The molecule has 0 aromatic heterocycles. The van der Waals surface area contributed by atoms with E-state index >= 15 is 0 Å². The van der Waals surface area contributed by atoms with Crippen LogP contribution in [0.5, 0.6) is 0 Å². The zero-order valence-corrected chi connectivity index (χ0v) is 11.7. The molecular weight excluding hydrogens is 244 g/mol. The minimum absolute atomic E-state index is 0.198. The Hall–Kier alpha value is -1.52. The minimum Gasteiger partial charge on any atom is -0.481 e. The first-order valence-electron chi connectivity index (χ1n) is 6.85. The second-order valence-electron chi connectivity index (χ2n) is 5.30. The molecule has 1 aliphatic rings. The molecule has 1 fully saturated rings. The van der Waals surface area contributed by atoms with Crippen molar-refractivity contribution in [2.75, 3.05) is 20.1 Å². The van der Waals surface area contributed by atoms with Crippen LogP contribution in [0, 0.1) is 5.41 Å². The van der Waals surface area contributed by atoms with E-state index in [4.69, 9.17) is 0 Å². The van der Waals surface area contributed by atoms with E-state index in [0.717, 1.165) is 25.7 Å². The largest absolute Gasteiger partial charge is 0.481 e. The molecule has 0 heterocycles.